The molecule has 0 aliphatic rings. The van der Waals surface area contributed by atoms with E-state index in [9.17, 15) is 26.1 Å². The van der Waals surface area contributed by atoms with E-state index in [1.165, 1.54) is 0 Å². The number of alkyl halides is 3. The van der Waals surface area contributed by atoms with Crippen LogP contribution in [-0.2, 0) is 6.18 Å². The van der Waals surface area contributed by atoms with Crippen LogP contribution in [0.1, 0.15) is 5.56 Å². The molecule has 1 rings (SSSR count). The standard InChI is InChI=1S/C10H8BF6O.K/c1-7(11(15,16)17)6-18-9-4-2-3-8(5-9)10(12,13)14;/h2-5H,1,6H2;/q-1;+1. The maximum absolute atomic E-state index is 12.3. The second-order valence-corrected chi connectivity index (χ2v) is 3.55. The Morgan fingerprint density at radius 2 is 1.79 bits per heavy atom. The Bertz CT molecular complexity index is 442. The predicted octanol–water partition coefficient (Wildman–Crippen LogP) is 1.03. The van der Waals surface area contributed by atoms with E-state index in [1.54, 1.807) is 0 Å². The fourth-order valence-corrected chi connectivity index (χ4v) is 1.03. The molecule has 19 heavy (non-hydrogen) atoms. The molecule has 0 atom stereocenters. The quantitative estimate of drug-likeness (QED) is 0.596. The number of halogens is 6. The minimum Gasteiger partial charge on any atom is -0.492 e. The van der Waals surface area contributed by atoms with Crippen molar-refractivity contribution in [2.24, 2.45) is 0 Å². The second kappa shape index (κ2) is 7.17. The van der Waals surface area contributed by atoms with E-state index in [0.29, 0.717) is 6.07 Å². The largest absolute Gasteiger partial charge is 1.00 e. The summed E-state index contributed by atoms with van der Waals surface area (Å²) < 4.78 is 77.9. The number of benzene rings is 1. The van der Waals surface area contributed by atoms with Gasteiger partial charge in [-0.25, -0.2) is 0 Å². The van der Waals surface area contributed by atoms with E-state index in [2.05, 4.69) is 11.3 Å². The molecule has 0 radical (unpaired) electrons. The molecule has 1 nitrogen and oxygen atoms in total. The van der Waals surface area contributed by atoms with Crippen LogP contribution in [0.4, 0.5) is 26.1 Å². The number of rotatable bonds is 4. The number of ether oxygens (including phenoxy) is 1. The van der Waals surface area contributed by atoms with Crippen LogP contribution in [0.5, 0.6) is 5.75 Å². The third-order valence-electron chi connectivity index (χ3n) is 2.05. The van der Waals surface area contributed by atoms with Crippen LogP contribution < -0.4 is 56.1 Å². The van der Waals surface area contributed by atoms with Crippen molar-refractivity contribution in [3.8, 4) is 5.75 Å². The van der Waals surface area contributed by atoms with E-state index in [1.807, 2.05) is 0 Å². The summed E-state index contributed by atoms with van der Waals surface area (Å²) in [5, 5.41) is 0. The third kappa shape index (κ3) is 6.35. The Morgan fingerprint density at radius 1 is 1.21 bits per heavy atom. The first-order valence-electron chi connectivity index (χ1n) is 4.78. The van der Waals surface area contributed by atoms with Crippen LogP contribution in [0.15, 0.2) is 36.3 Å². The molecule has 1 aromatic carbocycles. The summed E-state index contributed by atoms with van der Waals surface area (Å²) in [6.07, 6.45) is -4.57. The van der Waals surface area contributed by atoms with Crippen LogP contribution in [0.3, 0.4) is 0 Å². The van der Waals surface area contributed by atoms with Gasteiger partial charge in [-0.2, -0.15) is 13.2 Å². The van der Waals surface area contributed by atoms with Crippen LogP contribution in [-0.4, -0.2) is 13.6 Å². The summed E-state index contributed by atoms with van der Waals surface area (Å²) in [4.78, 5) is 0. The molecular weight excluding hydrogens is 300 g/mol. The molecule has 9 heteroatoms. The smallest absolute Gasteiger partial charge is 0.492 e. The fourth-order valence-electron chi connectivity index (χ4n) is 1.03. The third-order valence-corrected chi connectivity index (χ3v) is 2.05. The van der Waals surface area contributed by atoms with Crippen molar-refractivity contribution in [3.05, 3.63) is 41.9 Å². The van der Waals surface area contributed by atoms with Gasteiger partial charge in [-0.05, 0) is 18.2 Å². The SMILES string of the molecule is C=C(COc1cccc(C(F)(F)F)c1)[B-](F)(F)F.[K+]. The number of hydrogen-bond acceptors (Lipinski definition) is 1. The summed E-state index contributed by atoms with van der Waals surface area (Å²) in [6.45, 7) is -3.36. The molecule has 0 aromatic heterocycles. The van der Waals surface area contributed by atoms with Gasteiger partial charge in [0, 0.05) is 0 Å². The van der Waals surface area contributed by atoms with Gasteiger partial charge in [0.05, 0.1) is 12.2 Å². The summed E-state index contributed by atoms with van der Waals surface area (Å²) in [5.74, 6) is -0.286. The van der Waals surface area contributed by atoms with Gasteiger partial charge in [0.15, 0.2) is 0 Å². The van der Waals surface area contributed by atoms with Crippen molar-refractivity contribution in [1.82, 2.24) is 0 Å². The molecule has 0 fully saturated rings. The van der Waals surface area contributed by atoms with Gasteiger partial charge in [0.2, 0.25) is 0 Å². The Kier molecular flexibility index (Phi) is 7.18. The van der Waals surface area contributed by atoms with Gasteiger partial charge in [-0.15, -0.1) is 12.1 Å². The molecule has 0 aliphatic carbocycles. The molecule has 1 aromatic rings. The molecule has 0 N–H and O–H groups in total. The van der Waals surface area contributed by atoms with Crippen LogP contribution in [0.25, 0.3) is 0 Å². The summed E-state index contributed by atoms with van der Waals surface area (Å²) in [6, 6.07) is 3.64. The summed E-state index contributed by atoms with van der Waals surface area (Å²) in [5.41, 5.74) is -2.09. The zero-order chi connectivity index (χ0) is 14.0. The monoisotopic (exact) mass is 308 g/mol. The van der Waals surface area contributed by atoms with Crippen LogP contribution in [0.2, 0.25) is 0 Å². The van der Waals surface area contributed by atoms with Crippen molar-refractivity contribution in [1.29, 1.82) is 0 Å². The normalized spacial score (nSPS) is 11.7. The molecule has 0 unspecified atom stereocenters. The van der Waals surface area contributed by atoms with E-state index < -0.39 is 30.8 Å². The average Bonchev–Trinajstić information content (AvgIpc) is 2.23. The Morgan fingerprint density at radius 3 is 2.26 bits per heavy atom. The maximum Gasteiger partial charge on any atom is 1.00 e. The zero-order valence-electron chi connectivity index (χ0n) is 9.98. The second-order valence-electron chi connectivity index (χ2n) is 3.55. The van der Waals surface area contributed by atoms with Gasteiger partial charge in [-0.3, -0.25) is 0 Å². The Labute approximate surface area is 148 Å². The van der Waals surface area contributed by atoms with E-state index in [4.69, 9.17) is 0 Å². The molecular formula is C10H8BF6KO. The number of hydrogen-bond donors (Lipinski definition) is 0. The molecule has 0 heterocycles. The topological polar surface area (TPSA) is 9.23 Å². The molecule has 0 amide bonds. The maximum atomic E-state index is 12.3. The van der Waals surface area contributed by atoms with Crippen LogP contribution >= 0.6 is 0 Å². The molecule has 0 aliphatic heterocycles. The van der Waals surface area contributed by atoms with Crippen molar-refractivity contribution in [3.63, 3.8) is 0 Å². The van der Waals surface area contributed by atoms with Crippen molar-refractivity contribution in [2.45, 2.75) is 6.18 Å². The van der Waals surface area contributed by atoms with Gasteiger partial charge in [-0.1, -0.05) is 6.07 Å². The van der Waals surface area contributed by atoms with Gasteiger partial charge in [0.1, 0.15) is 5.75 Å². The molecule has 0 saturated carbocycles. The fraction of sp³-hybridized carbons (Fsp3) is 0.200. The minimum absolute atomic E-state index is 0. The van der Waals surface area contributed by atoms with Crippen molar-refractivity contribution in [2.75, 3.05) is 6.61 Å². The van der Waals surface area contributed by atoms with Crippen LogP contribution in [0, 0.1) is 0 Å². The zero-order valence-corrected chi connectivity index (χ0v) is 13.1. The Hall–Kier alpha value is 0.0413. The first-order valence-corrected chi connectivity index (χ1v) is 4.78. The minimum atomic E-state index is -5.25. The van der Waals surface area contributed by atoms with Gasteiger partial charge >= 0.3 is 64.5 Å². The predicted molar refractivity (Wildman–Crippen MR) is 55.2 cm³/mol. The first kappa shape index (κ1) is 19.0. The van der Waals surface area contributed by atoms with E-state index in [-0.39, 0.29) is 57.1 Å². The van der Waals surface area contributed by atoms with Gasteiger partial charge in [0.25, 0.3) is 0 Å². The molecule has 0 bridgehead atoms. The van der Waals surface area contributed by atoms with Crippen molar-refractivity contribution < 1.29 is 82.2 Å². The summed E-state index contributed by atoms with van der Waals surface area (Å²) in [7, 11) is 0. The first-order chi connectivity index (χ1) is 8.10. The van der Waals surface area contributed by atoms with Crippen molar-refractivity contribution >= 4 is 6.98 Å². The molecule has 0 spiro atoms. The van der Waals surface area contributed by atoms with E-state index in [0.717, 1.165) is 18.2 Å². The molecule has 100 valence electrons. The van der Waals surface area contributed by atoms with Gasteiger partial charge < -0.3 is 17.7 Å². The summed E-state index contributed by atoms with van der Waals surface area (Å²) >= 11 is 0. The van der Waals surface area contributed by atoms with E-state index >= 15 is 0 Å². The Balaban J connectivity index is 0.00000324. The molecule has 0 saturated heterocycles. The average molecular weight is 308 g/mol.